The Kier molecular flexibility index (Phi) is 19.2. The van der Waals surface area contributed by atoms with E-state index in [1.807, 2.05) is 0 Å². The first-order chi connectivity index (χ1) is 6.33. The summed E-state index contributed by atoms with van der Waals surface area (Å²) in [5, 5.41) is 22.8. The molecule has 0 saturated carbocycles. The van der Waals surface area contributed by atoms with E-state index in [2.05, 4.69) is 0 Å². The zero-order valence-electron chi connectivity index (χ0n) is 7.57. The number of rotatable bonds is 2. The molecule has 0 amide bonds. The number of carboxylic acid groups (broad SMARTS) is 1. The predicted molar refractivity (Wildman–Crippen MR) is 49.6 cm³/mol. The number of carbonyl (C=O) groups is 1. The molecule has 0 aromatic rings. The van der Waals surface area contributed by atoms with E-state index in [1.54, 1.807) is 0 Å². The van der Waals surface area contributed by atoms with Gasteiger partial charge in [0.1, 0.15) is 0 Å². The summed E-state index contributed by atoms with van der Waals surface area (Å²) in [7, 11) is -3.67. The Balaban J connectivity index is -0.000000138. The van der Waals surface area contributed by atoms with E-state index in [-0.39, 0.29) is 13.1 Å². The highest BCUT2D eigenvalue weighted by Crippen LogP contribution is 1.74. The second kappa shape index (κ2) is 14.4. The third kappa shape index (κ3) is 300. The molecule has 0 heterocycles. The molecule has 86 valence electrons. The van der Waals surface area contributed by atoms with Crippen LogP contribution in [0.1, 0.15) is 6.42 Å². The molecule has 0 aliphatic rings. The zero-order chi connectivity index (χ0) is 12.0. The summed E-state index contributed by atoms with van der Waals surface area (Å²) >= 11 is 0. The standard InChI is InChI=1S/C4H8O2.CH4O3S.CH2O2/c5-3-1-2-4-6;1-5(2,3)4;2-1-3/h1,3,5-6H,2,4H2;1H3,(H,2,3,4);1H,(H,2,3). The fourth-order valence-electron chi connectivity index (χ4n) is 0.149. The van der Waals surface area contributed by atoms with Gasteiger partial charge in [0.25, 0.3) is 16.6 Å². The summed E-state index contributed by atoms with van der Waals surface area (Å²) in [5.41, 5.74) is 0. The van der Waals surface area contributed by atoms with Gasteiger partial charge in [0.15, 0.2) is 0 Å². The van der Waals surface area contributed by atoms with Crippen molar-refractivity contribution in [2.24, 2.45) is 0 Å². The third-order valence-electron chi connectivity index (χ3n) is 0.401. The lowest BCUT2D eigenvalue weighted by Crippen LogP contribution is -1.88. The Bertz CT molecular complexity index is 210. The molecule has 4 N–H and O–H groups in total. The van der Waals surface area contributed by atoms with Gasteiger partial charge < -0.3 is 15.3 Å². The summed E-state index contributed by atoms with van der Waals surface area (Å²) in [6, 6.07) is 0. The number of aliphatic hydroxyl groups excluding tert-OH is 2. The number of aliphatic hydroxyl groups is 2. The van der Waals surface area contributed by atoms with Gasteiger partial charge in [0, 0.05) is 6.61 Å². The molecule has 0 aliphatic carbocycles. The van der Waals surface area contributed by atoms with Crippen LogP contribution in [0, 0.1) is 0 Å². The smallest absolute Gasteiger partial charge is 0.290 e. The Labute approximate surface area is 82.1 Å². The van der Waals surface area contributed by atoms with E-state index < -0.39 is 10.1 Å². The van der Waals surface area contributed by atoms with Crippen LogP contribution in [-0.4, -0.2) is 47.6 Å². The van der Waals surface area contributed by atoms with Crippen molar-refractivity contribution in [3.8, 4) is 0 Å². The normalized spacial score (nSPS) is 9.36. The largest absolute Gasteiger partial charge is 0.516 e. The maximum atomic E-state index is 9.19. The van der Waals surface area contributed by atoms with Crippen LogP contribution in [0.25, 0.3) is 0 Å². The van der Waals surface area contributed by atoms with Crippen molar-refractivity contribution >= 4 is 16.6 Å². The first kappa shape index (κ1) is 18.6. The first-order valence-electron chi connectivity index (χ1n) is 3.23. The van der Waals surface area contributed by atoms with Gasteiger partial charge in [-0.3, -0.25) is 9.35 Å². The van der Waals surface area contributed by atoms with Crippen LogP contribution in [0.5, 0.6) is 0 Å². The van der Waals surface area contributed by atoms with Gasteiger partial charge >= 0.3 is 0 Å². The van der Waals surface area contributed by atoms with E-state index >= 15 is 0 Å². The van der Waals surface area contributed by atoms with Gasteiger partial charge in [-0.05, 0) is 12.5 Å². The highest BCUT2D eigenvalue weighted by atomic mass is 32.2. The lowest BCUT2D eigenvalue weighted by molar-refractivity contribution is -0.122. The molecule has 0 fully saturated rings. The van der Waals surface area contributed by atoms with Crippen LogP contribution >= 0.6 is 0 Å². The van der Waals surface area contributed by atoms with Gasteiger partial charge in [0.2, 0.25) is 0 Å². The van der Waals surface area contributed by atoms with Crippen LogP contribution in [-0.2, 0) is 14.9 Å². The lowest BCUT2D eigenvalue weighted by Gasteiger charge is -1.76. The van der Waals surface area contributed by atoms with E-state index in [1.165, 1.54) is 6.08 Å². The third-order valence-corrected chi connectivity index (χ3v) is 0.401. The SMILES string of the molecule is CS(=O)(=O)O.O=CO.OC=CCCO. The van der Waals surface area contributed by atoms with Crippen molar-refractivity contribution in [1.29, 1.82) is 0 Å². The lowest BCUT2D eigenvalue weighted by atomic mass is 10.5. The molecule has 0 aromatic carbocycles. The summed E-state index contributed by atoms with van der Waals surface area (Å²) < 4.78 is 25.9. The molecule has 0 radical (unpaired) electrons. The van der Waals surface area contributed by atoms with Crippen molar-refractivity contribution in [3.05, 3.63) is 12.3 Å². The quantitative estimate of drug-likeness (QED) is 0.289. The van der Waals surface area contributed by atoms with Crippen LogP contribution in [0.15, 0.2) is 12.3 Å². The first-order valence-corrected chi connectivity index (χ1v) is 5.08. The Morgan fingerprint density at radius 1 is 1.29 bits per heavy atom. The molecule has 0 atom stereocenters. The van der Waals surface area contributed by atoms with Crippen LogP contribution < -0.4 is 0 Å². The van der Waals surface area contributed by atoms with E-state index in [0.29, 0.717) is 12.7 Å². The highest BCUT2D eigenvalue weighted by molar-refractivity contribution is 7.85. The highest BCUT2D eigenvalue weighted by Gasteiger charge is 1.81. The van der Waals surface area contributed by atoms with Crippen LogP contribution in [0.4, 0.5) is 0 Å². The molecule has 0 unspecified atom stereocenters. The monoisotopic (exact) mass is 230 g/mol. The van der Waals surface area contributed by atoms with E-state index in [9.17, 15) is 8.42 Å². The molecule has 0 aromatic heterocycles. The van der Waals surface area contributed by atoms with Crippen molar-refractivity contribution in [1.82, 2.24) is 0 Å². The Hall–Kier alpha value is -1.12. The molecule has 14 heavy (non-hydrogen) atoms. The van der Waals surface area contributed by atoms with E-state index in [4.69, 9.17) is 24.7 Å². The molecule has 0 bridgehead atoms. The molecule has 8 heteroatoms. The number of hydrogen-bond acceptors (Lipinski definition) is 5. The van der Waals surface area contributed by atoms with Crippen molar-refractivity contribution in [2.45, 2.75) is 6.42 Å². The number of hydrogen-bond donors (Lipinski definition) is 4. The minimum Gasteiger partial charge on any atom is -0.516 e. The maximum absolute atomic E-state index is 9.19. The molecular weight excluding hydrogens is 216 g/mol. The average molecular weight is 230 g/mol. The molecule has 0 spiro atoms. The summed E-state index contributed by atoms with van der Waals surface area (Å²) in [4.78, 5) is 8.36. The second-order valence-electron chi connectivity index (χ2n) is 1.74. The minimum atomic E-state index is -3.67. The van der Waals surface area contributed by atoms with Gasteiger partial charge in [-0.15, -0.1) is 0 Å². The fourth-order valence-corrected chi connectivity index (χ4v) is 0.149. The molecule has 0 rings (SSSR count). The second-order valence-corrected chi connectivity index (χ2v) is 3.20. The van der Waals surface area contributed by atoms with Gasteiger partial charge in [0.05, 0.1) is 12.5 Å². The minimum absolute atomic E-state index is 0.108. The van der Waals surface area contributed by atoms with Crippen LogP contribution in [0.2, 0.25) is 0 Å². The Morgan fingerprint density at radius 3 is 1.64 bits per heavy atom. The van der Waals surface area contributed by atoms with Crippen molar-refractivity contribution in [2.75, 3.05) is 12.9 Å². The molecular formula is C6H14O7S. The Morgan fingerprint density at radius 2 is 1.57 bits per heavy atom. The topological polar surface area (TPSA) is 132 Å². The predicted octanol–water partition coefficient (Wildman–Crippen LogP) is -0.355. The molecule has 0 saturated heterocycles. The van der Waals surface area contributed by atoms with Crippen LogP contribution in [0.3, 0.4) is 0 Å². The summed E-state index contributed by atoms with van der Waals surface area (Å²) in [6.45, 7) is -0.142. The molecule has 7 nitrogen and oxygen atoms in total. The molecule has 0 aliphatic heterocycles. The van der Waals surface area contributed by atoms with Gasteiger partial charge in [-0.25, -0.2) is 0 Å². The average Bonchev–Trinajstić information content (AvgIpc) is 1.99. The zero-order valence-corrected chi connectivity index (χ0v) is 8.38. The summed E-state index contributed by atoms with van der Waals surface area (Å²) in [5.74, 6) is 0. The van der Waals surface area contributed by atoms with Gasteiger partial charge in [-0.1, -0.05) is 0 Å². The van der Waals surface area contributed by atoms with Crippen molar-refractivity contribution < 1.29 is 33.1 Å². The van der Waals surface area contributed by atoms with E-state index in [0.717, 1.165) is 6.26 Å². The maximum Gasteiger partial charge on any atom is 0.290 e. The fraction of sp³-hybridized carbons (Fsp3) is 0.500. The summed E-state index contributed by atoms with van der Waals surface area (Å²) in [6.07, 6.45) is 3.67. The van der Waals surface area contributed by atoms with Gasteiger partial charge in [-0.2, -0.15) is 8.42 Å². The van der Waals surface area contributed by atoms with Crippen molar-refractivity contribution in [3.63, 3.8) is 0 Å².